The van der Waals surface area contributed by atoms with Gasteiger partial charge in [-0.3, -0.25) is 10.8 Å². The van der Waals surface area contributed by atoms with E-state index < -0.39 is 0 Å². The van der Waals surface area contributed by atoms with Gasteiger partial charge in [-0.2, -0.15) is 0 Å². The number of hydrogen-bond donors (Lipinski definition) is 2. The Balaban J connectivity index is 2.04. The Hall–Kier alpha value is -2.62. The molecule has 0 saturated carbocycles. The zero-order chi connectivity index (χ0) is 14.3. The van der Waals surface area contributed by atoms with Gasteiger partial charge in [0.15, 0.2) is 0 Å². The second-order valence-corrected chi connectivity index (χ2v) is 4.73. The predicted molar refractivity (Wildman–Crippen MR) is 78.3 cm³/mol. The van der Waals surface area contributed by atoms with Gasteiger partial charge in [0.25, 0.3) is 0 Å². The molecule has 0 amide bonds. The van der Waals surface area contributed by atoms with Crippen LogP contribution in [0.2, 0.25) is 0 Å². The van der Waals surface area contributed by atoms with Crippen molar-refractivity contribution in [2.45, 2.75) is 13.8 Å². The number of allylic oxidation sites excluding steroid dienone is 4. The molecule has 100 valence electrons. The largest absolute Gasteiger partial charge is 0.461 e. The summed E-state index contributed by atoms with van der Waals surface area (Å²) in [5.74, 6) is 2.81. The minimum atomic E-state index is 0.144. The van der Waals surface area contributed by atoms with Crippen molar-refractivity contribution in [1.29, 1.82) is 10.8 Å². The van der Waals surface area contributed by atoms with E-state index in [-0.39, 0.29) is 11.4 Å². The number of aryl methyl sites for hydroxylation is 2. The van der Waals surface area contributed by atoms with Crippen LogP contribution >= 0.6 is 0 Å². The monoisotopic (exact) mass is 266 g/mol. The van der Waals surface area contributed by atoms with Crippen LogP contribution in [0.3, 0.4) is 0 Å². The summed E-state index contributed by atoms with van der Waals surface area (Å²) in [5, 5.41) is 16.3. The zero-order valence-corrected chi connectivity index (χ0v) is 11.3. The first-order valence-electron chi connectivity index (χ1n) is 6.30. The highest BCUT2D eigenvalue weighted by Crippen LogP contribution is 2.29. The van der Waals surface area contributed by atoms with Crippen LogP contribution in [0.25, 0.3) is 11.1 Å². The Bertz CT molecular complexity index is 706. The molecule has 4 nitrogen and oxygen atoms in total. The molecule has 0 radical (unpaired) electrons. The lowest BCUT2D eigenvalue weighted by molar-refractivity contribution is 0.522. The quantitative estimate of drug-likeness (QED) is 0.806. The fraction of sp³-hybridized carbons (Fsp3) is 0.125. The van der Waals surface area contributed by atoms with E-state index in [2.05, 4.69) is 0 Å². The van der Waals surface area contributed by atoms with Crippen molar-refractivity contribution in [3.63, 3.8) is 0 Å². The lowest BCUT2D eigenvalue weighted by Gasteiger charge is -2.14. The molecule has 0 saturated heterocycles. The molecule has 0 atom stereocenters. The maximum atomic E-state index is 8.15. The van der Waals surface area contributed by atoms with Crippen LogP contribution in [-0.2, 0) is 0 Å². The van der Waals surface area contributed by atoms with E-state index >= 15 is 0 Å². The van der Waals surface area contributed by atoms with E-state index in [1.165, 1.54) is 0 Å². The van der Waals surface area contributed by atoms with Crippen molar-refractivity contribution in [3.8, 4) is 0 Å². The molecule has 0 bridgehead atoms. The topological polar surface area (TPSA) is 74.0 Å². The first-order valence-corrected chi connectivity index (χ1v) is 6.30. The molecule has 0 spiro atoms. The van der Waals surface area contributed by atoms with E-state index in [0.717, 1.165) is 11.5 Å². The van der Waals surface area contributed by atoms with Gasteiger partial charge in [-0.15, -0.1) is 0 Å². The number of hydrogen-bond acceptors (Lipinski definition) is 4. The molecule has 20 heavy (non-hydrogen) atoms. The summed E-state index contributed by atoms with van der Waals surface area (Å²) in [5.41, 5.74) is 1.53. The lowest BCUT2D eigenvalue weighted by atomic mass is 9.91. The summed E-state index contributed by atoms with van der Waals surface area (Å²) < 4.78 is 11.1. The molecule has 3 rings (SSSR count). The average Bonchev–Trinajstić information content (AvgIpc) is 3.02. The Kier molecular flexibility index (Phi) is 2.79. The molecule has 1 aliphatic rings. The third-order valence-corrected chi connectivity index (χ3v) is 3.22. The molecule has 0 aromatic carbocycles. The van der Waals surface area contributed by atoms with Gasteiger partial charge in [-0.25, -0.2) is 0 Å². The Morgan fingerprint density at radius 2 is 1.10 bits per heavy atom. The smallest absolute Gasteiger partial charge is 0.136 e. The molecule has 4 heteroatoms. The van der Waals surface area contributed by atoms with Crippen molar-refractivity contribution in [1.82, 2.24) is 0 Å². The van der Waals surface area contributed by atoms with E-state index in [0.29, 0.717) is 22.7 Å². The Labute approximate surface area is 116 Å². The number of furan rings is 2. The van der Waals surface area contributed by atoms with Crippen LogP contribution in [0, 0.1) is 24.7 Å². The van der Waals surface area contributed by atoms with Gasteiger partial charge < -0.3 is 8.83 Å². The lowest BCUT2D eigenvalue weighted by Crippen LogP contribution is -2.18. The molecule has 2 N–H and O–H groups in total. The highest BCUT2D eigenvalue weighted by atomic mass is 16.3. The molecule has 2 aromatic rings. The van der Waals surface area contributed by atoms with Crippen LogP contribution in [0.4, 0.5) is 0 Å². The van der Waals surface area contributed by atoms with Gasteiger partial charge in [0.2, 0.25) is 0 Å². The maximum Gasteiger partial charge on any atom is 0.136 e. The first kappa shape index (κ1) is 12.4. The minimum Gasteiger partial charge on any atom is -0.461 e. The van der Waals surface area contributed by atoms with Crippen LogP contribution < -0.4 is 0 Å². The summed E-state index contributed by atoms with van der Waals surface area (Å²) in [6.07, 6.45) is 3.59. The molecule has 2 heterocycles. The second-order valence-electron chi connectivity index (χ2n) is 4.73. The summed E-state index contributed by atoms with van der Waals surface area (Å²) in [7, 11) is 0. The Morgan fingerprint density at radius 1 is 0.700 bits per heavy atom. The normalized spacial score (nSPS) is 15.3. The third-order valence-electron chi connectivity index (χ3n) is 3.22. The predicted octanol–water partition coefficient (Wildman–Crippen LogP) is 4.01. The fourth-order valence-corrected chi connectivity index (χ4v) is 2.17. The Morgan fingerprint density at radius 3 is 1.40 bits per heavy atom. The van der Waals surface area contributed by atoms with E-state index in [1.54, 1.807) is 12.2 Å². The van der Waals surface area contributed by atoms with E-state index in [9.17, 15) is 0 Å². The molecule has 2 aromatic heterocycles. The van der Waals surface area contributed by atoms with Gasteiger partial charge in [-0.1, -0.05) is 0 Å². The highest BCUT2D eigenvalue weighted by molar-refractivity contribution is 6.67. The number of rotatable bonds is 2. The number of nitrogens with one attached hydrogen (secondary N) is 2. The summed E-state index contributed by atoms with van der Waals surface area (Å²) in [6, 6.07) is 7.34. The van der Waals surface area contributed by atoms with Crippen LogP contribution in [0.1, 0.15) is 23.0 Å². The molecule has 0 fully saturated rings. The van der Waals surface area contributed by atoms with Gasteiger partial charge in [0.1, 0.15) is 23.0 Å². The summed E-state index contributed by atoms with van der Waals surface area (Å²) in [6.45, 7) is 3.71. The van der Waals surface area contributed by atoms with E-state index in [4.69, 9.17) is 19.7 Å². The third kappa shape index (κ3) is 1.95. The van der Waals surface area contributed by atoms with Crippen LogP contribution in [0.5, 0.6) is 0 Å². The van der Waals surface area contributed by atoms with Crippen molar-refractivity contribution in [2.75, 3.05) is 0 Å². The molecular formula is C16H14N2O2. The van der Waals surface area contributed by atoms with Crippen molar-refractivity contribution in [2.24, 2.45) is 0 Å². The molecule has 1 aliphatic carbocycles. The first-order chi connectivity index (χ1) is 9.56. The van der Waals surface area contributed by atoms with Crippen molar-refractivity contribution < 1.29 is 8.83 Å². The molecule has 0 unspecified atom stereocenters. The molecule has 0 aliphatic heterocycles. The van der Waals surface area contributed by atoms with Crippen LogP contribution in [0.15, 0.2) is 45.3 Å². The minimum absolute atomic E-state index is 0.144. The zero-order valence-electron chi connectivity index (χ0n) is 11.3. The standard InChI is InChI=1S/C16H14N2O2/c1-9-3-7-13(19-9)11-5-6-12(16(18)15(11)17)14-8-4-10(2)20-14/h3-8,17-18H,1-2H3. The van der Waals surface area contributed by atoms with E-state index in [1.807, 2.05) is 38.1 Å². The van der Waals surface area contributed by atoms with Crippen molar-refractivity contribution >= 4 is 22.6 Å². The second kappa shape index (κ2) is 4.49. The van der Waals surface area contributed by atoms with Gasteiger partial charge in [0, 0.05) is 11.1 Å². The van der Waals surface area contributed by atoms with Crippen molar-refractivity contribution in [3.05, 3.63) is 59.5 Å². The van der Waals surface area contributed by atoms with Gasteiger partial charge >= 0.3 is 0 Å². The average molecular weight is 266 g/mol. The SMILES string of the molecule is Cc1ccc(C2=CC=C(c3ccc(C)o3)C(=N)C2=N)o1. The summed E-state index contributed by atoms with van der Waals surface area (Å²) >= 11 is 0. The highest BCUT2D eigenvalue weighted by Gasteiger charge is 2.24. The van der Waals surface area contributed by atoms with Gasteiger partial charge in [0.05, 0.1) is 11.4 Å². The molecular weight excluding hydrogens is 252 g/mol. The maximum absolute atomic E-state index is 8.15. The van der Waals surface area contributed by atoms with Crippen LogP contribution in [-0.4, -0.2) is 11.4 Å². The summed E-state index contributed by atoms with van der Waals surface area (Å²) in [4.78, 5) is 0. The fourth-order valence-electron chi connectivity index (χ4n) is 2.17. The van der Waals surface area contributed by atoms with Gasteiger partial charge in [-0.05, 0) is 50.3 Å².